The van der Waals surface area contributed by atoms with E-state index in [4.69, 9.17) is 21.6 Å². The number of aromatic nitrogens is 3. The van der Waals surface area contributed by atoms with Crippen LogP contribution in [0.25, 0.3) is 87.9 Å². The Balaban J connectivity index is 1.33. The predicted molar refractivity (Wildman–Crippen MR) is 189 cm³/mol. The van der Waals surface area contributed by atoms with E-state index < -0.39 is 0 Å². The first kappa shape index (κ1) is 25.8. The Labute approximate surface area is 264 Å². The Hall–Kier alpha value is -5.64. The van der Waals surface area contributed by atoms with E-state index in [2.05, 4.69) is 120 Å². The van der Waals surface area contributed by atoms with Crippen molar-refractivity contribution in [3.05, 3.63) is 151 Å². The molecule has 3 heterocycles. The van der Waals surface area contributed by atoms with Gasteiger partial charge in [0.15, 0.2) is 0 Å². The number of hydrogen-bond donors (Lipinski definition) is 0. The Bertz CT molecular complexity index is 2550. The fourth-order valence-corrected chi connectivity index (χ4v) is 6.79. The minimum absolute atomic E-state index is 0.491. The molecule has 3 aromatic heterocycles. The Morgan fingerprint density at radius 1 is 0.378 bits per heavy atom. The van der Waals surface area contributed by atoms with Gasteiger partial charge in [-0.2, -0.15) is 0 Å². The van der Waals surface area contributed by atoms with Crippen LogP contribution in [-0.4, -0.2) is 15.0 Å². The zero-order chi connectivity index (χ0) is 29.9. The molecule has 0 spiro atoms. The maximum absolute atomic E-state index is 6.29. The van der Waals surface area contributed by atoms with Gasteiger partial charge in [0.2, 0.25) is 0 Å². The van der Waals surface area contributed by atoms with E-state index in [0.717, 1.165) is 82.3 Å². The van der Waals surface area contributed by atoms with Crippen LogP contribution in [0.2, 0.25) is 5.15 Å². The number of benzene rings is 6. The van der Waals surface area contributed by atoms with E-state index in [-0.39, 0.29) is 0 Å². The lowest BCUT2D eigenvalue weighted by Gasteiger charge is -2.18. The van der Waals surface area contributed by atoms with Crippen molar-refractivity contribution in [3.63, 3.8) is 0 Å². The van der Waals surface area contributed by atoms with Crippen molar-refractivity contribution in [2.75, 3.05) is 0 Å². The highest BCUT2D eigenvalue weighted by Gasteiger charge is 2.18. The van der Waals surface area contributed by atoms with Crippen molar-refractivity contribution in [1.29, 1.82) is 0 Å². The molecule has 0 N–H and O–H groups in total. The van der Waals surface area contributed by atoms with Crippen LogP contribution in [0.1, 0.15) is 0 Å². The molecular weight excluding hydrogens is 570 g/mol. The summed E-state index contributed by atoms with van der Waals surface area (Å²) in [6.45, 7) is 0. The molecule has 9 rings (SSSR count). The second-order valence-electron chi connectivity index (χ2n) is 11.4. The monoisotopic (exact) mass is 593 g/mol. The average molecular weight is 594 g/mol. The fourth-order valence-electron chi connectivity index (χ4n) is 6.64. The second-order valence-corrected chi connectivity index (χ2v) is 11.7. The molecule has 45 heavy (non-hydrogen) atoms. The first-order valence-corrected chi connectivity index (χ1v) is 15.4. The van der Waals surface area contributed by atoms with E-state index in [9.17, 15) is 0 Å². The van der Waals surface area contributed by atoms with Gasteiger partial charge >= 0.3 is 0 Å². The average Bonchev–Trinajstić information content (AvgIpc) is 3.10. The first-order valence-electron chi connectivity index (χ1n) is 15.0. The standard InChI is InChI=1S/C41H24ClN3/c42-37-23-20-26-14-17-29(24-36(26)43-37)38-30-10-4-6-12-32(30)39(33-13-7-5-11-31(33)38)35-22-19-28-16-15-27-18-21-34(25-8-2-1-3-9-25)44-40(27)41(28)45-35/h1-24H. The van der Waals surface area contributed by atoms with Gasteiger partial charge in [-0.3, -0.25) is 0 Å². The first-order chi connectivity index (χ1) is 22.2. The number of hydrogen-bond acceptors (Lipinski definition) is 3. The molecule has 0 unspecified atom stereocenters. The van der Waals surface area contributed by atoms with Gasteiger partial charge in [-0.05, 0) is 63.0 Å². The lowest BCUT2D eigenvalue weighted by atomic mass is 9.87. The molecule has 9 aromatic rings. The molecule has 4 heteroatoms. The summed E-state index contributed by atoms with van der Waals surface area (Å²) >= 11 is 6.29. The number of nitrogens with zero attached hydrogens (tertiary/aromatic N) is 3. The van der Waals surface area contributed by atoms with Crippen LogP contribution in [0.4, 0.5) is 0 Å². The molecule has 0 amide bonds. The topological polar surface area (TPSA) is 38.7 Å². The molecule has 0 radical (unpaired) electrons. The lowest BCUT2D eigenvalue weighted by Crippen LogP contribution is -1.94. The molecule has 0 aliphatic rings. The molecule has 0 bridgehead atoms. The van der Waals surface area contributed by atoms with Gasteiger partial charge in [0.05, 0.1) is 27.9 Å². The van der Waals surface area contributed by atoms with Gasteiger partial charge in [-0.1, -0.05) is 127 Å². The molecule has 0 aliphatic carbocycles. The fraction of sp³-hybridized carbons (Fsp3) is 0. The van der Waals surface area contributed by atoms with Crippen molar-refractivity contribution < 1.29 is 0 Å². The Kier molecular flexibility index (Phi) is 5.87. The lowest BCUT2D eigenvalue weighted by molar-refractivity contribution is 1.37. The Morgan fingerprint density at radius 2 is 0.889 bits per heavy atom. The summed E-state index contributed by atoms with van der Waals surface area (Å²) in [5.41, 5.74) is 9.03. The molecule has 0 saturated carbocycles. The molecule has 210 valence electrons. The number of rotatable bonds is 3. The van der Waals surface area contributed by atoms with E-state index in [1.54, 1.807) is 0 Å². The van der Waals surface area contributed by atoms with Gasteiger partial charge in [-0.15, -0.1) is 0 Å². The molecule has 0 saturated heterocycles. The van der Waals surface area contributed by atoms with E-state index in [1.807, 2.05) is 30.3 Å². The third kappa shape index (κ3) is 4.24. The largest absolute Gasteiger partial charge is 0.245 e. The summed E-state index contributed by atoms with van der Waals surface area (Å²) in [4.78, 5) is 15.1. The van der Waals surface area contributed by atoms with Crippen LogP contribution in [0.3, 0.4) is 0 Å². The molecule has 0 aliphatic heterocycles. The summed E-state index contributed by atoms with van der Waals surface area (Å²) < 4.78 is 0. The van der Waals surface area contributed by atoms with E-state index in [0.29, 0.717) is 5.15 Å². The zero-order valence-corrected chi connectivity index (χ0v) is 24.8. The van der Waals surface area contributed by atoms with Crippen molar-refractivity contribution in [3.8, 4) is 33.6 Å². The maximum atomic E-state index is 6.29. The summed E-state index contributed by atoms with van der Waals surface area (Å²) in [6, 6.07) is 50.7. The van der Waals surface area contributed by atoms with Crippen LogP contribution in [0, 0.1) is 0 Å². The van der Waals surface area contributed by atoms with E-state index >= 15 is 0 Å². The highest BCUT2D eigenvalue weighted by Crippen LogP contribution is 2.44. The molecule has 0 fully saturated rings. The molecule has 0 atom stereocenters. The smallest absolute Gasteiger partial charge is 0.129 e. The van der Waals surface area contributed by atoms with Gasteiger partial charge < -0.3 is 0 Å². The second kappa shape index (κ2) is 10.2. The SMILES string of the molecule is Clc1ccc2ccc(-c3c4ccccc4c(-c4ccc5ccc6ccc(-c7ccccc7)nc6c5n4)c4ccccc34)cc2n1. The van der Waals surface area contributed by atoms with Gasteiger partial charge in [0.1, 0.15) is 5.15 Å². The Morgan fingerprint density at radius 3 is 1.56 bits per heavy atom. The number of fused-ring (bicyclic) bond motifs is 6. The third-order valence-electron chi connectivity index (χ3n) is 8.72. The summed E-state index contributed by atoms with van der Waals surface area (Å²) in [6.07, 6.45) is 0. The maximum Gasteiger partial charge on any atom is 0.129 e. The molecular formula is C41H24ClN3. The number of halogens is 1. The minimum Gasteiger partial charge on any atom is -0.245 e. The van der Waals surface area contributed by atoms with Gasteiger partial charge in [-0.25, -0.2) is 15.0 Å². The number of pyridine rings is 3. The minimum atomic E-state index is 0.491. The highest BCUT2D eigenvalue weighted by atomic mass is 35.5. The summed E-state index contributed by atoms with van der Waals surface area (Å²) in [5, 5.41) is 8.31. The molecule has 3 nitrogen and oxygen atoms in total. The van der Waals surface area contributed by atoms with Gasteiger partial charge in [0, 0.05) is 27.3 Å². The van der Waals surface area contributed by atoms with Crippen molar-refractivity contribution >= 4 is 65.9 Å². The predicted octanol–water partition coefficient (Wildman–Crippen LogP) is 11.3. The molecule has 6 aromatic carbocycles. The van der Waals surface area contributed by atoms with Gasteiger partial charge in [0.25, 0.3) is 0 Å². The normalized spacial score (nSPS) is 11.7. The zero-order valence-electron chi connectivity index (χ0n) is 24.1. The van der Waals surface area contributed by atoms with Crippen molar-refractivity contribution in [2.45, 2.75) is 0 Å². The third-order valence-corrected chi connectivity index (χ3v) is 8.93. The van der Waals surface area contributed by atoms with E-state index in [1.165, 1.54) is 5.56 Å². The van der Waals surface area contributed by atoms with Crippen LogP contribution < -0.4 is 0 Å². The van der Waals surface area contributed by atoms with Crippen LogP contribution in [-0.2, 0) is 0 Å². The van der Waals surface area contributed by atoms with Crippen LogP contribution in [0.15, 0.2) is 146 Å². The van der Waals surface area contributed by atoms with Crippen LogP contribution >= 0.6 is 11.6 Å². The summed E-state index contributed by atoms with van der Waals surface area (Å²) in [5.74, 6) is 0. The summed E-state index contributed by atoms with van der Waals surface area (Å²) in [7, 11) is 0. The van der Waals surface area contributed by atoms with Crippen molar-refractivity contribution in [2.24, 2.45) is 0 Å². The quantitative estimate of drug-likeness (QED) is 0.116. The van der Waals surface area contributed by atoms with Crippen molar-refractivity contribution in [1.82, 2.24) is 15.0 Å². The highest BCUT2D eigenvalue weighted by molar-refractivity contribution is 6.29. The van der Waals surface area contributed by atoms with Crippen LogP contribution in [0.5, 0.6) is 0 Å².